The normalized spacial score (nSPS) is 25.8. The fourth-order valence-corrected chi connectivity index (χ4v) is 7.45. The number of hydrogen-bond acceptors (Lipinski definition) is 10. The highest BCUT2D eigenvalue weighted by Gasteiger charge is 2.39. The van der Waals surface area contributed by atoms with E-state index in [-0.39, 0.29) is 53.1 Å². The number of morpholine rings is 2. The number of fused-ring (bicyclic) bond motifs is 5. The number of hydrogen-bond donors (Lipinski definition) is 2. The molecule has 0 aliphatic carbocycles. The lowest BCUT2D eigenvalue weighted by Gasteiger charge is -2.33. The average Bonchev–Trinajstić information content (AvgIpc) is 3.55. The molecule has 7 heterocycles. The molecule has 13 nitrogen and oxygen atoms in total. The van der Waals surface area contributed by atoms with Crippen LogP contribution in [0.15, 0.2) is 36.5 Å². The molecular weight excluding hydrogens is 619 g/mol. The maximum Gasteiger partial charge on any atom is 0.323 e. The number of anilines is 4. The monoisotopic (exact) mass is 658 g/mol. The number of aromatic nitrogens is 3. The SMILES string of the molecule is CN1CC(C)(C)Oc2nc(N3CC4CCC(C3)O4)nc(-c3ccc(NC(=O)Nc4ccc(N5CC6CCC(C5)O6)nc4)c(F)c3)c2C1=O. The molecule has 4 fully saturated rings. The van der Waals surface area contributed by atoms with Gasteiger partial charge in [-0.1, -0.05) is 6.07 Å². The number of nitrogens with one attached hydrogen (secondary N) is 2. The second-order valence-corrected chi connectivity index (χ2v) is 14.0. The standard InChI is InChI=1S/C34H39FN8O5/c1-34(2)18-41(3)31(44)28-29(39-32(40-30(28)48-34)43-16-23-8-9-24(17-43)47-23)19-4-10-26(25(35)12-19)38-33(45)37-20-5-11-27(36-13-20)42-14-21-6-7-22(15-42)46-21/h4-5,10-13,21-24H,6-9,14-18H2,1-3H3,(H2,37,38,45). The van der Waals surface area contributed by atoms with Crippen molar-refractivity contribution in [2.75, 3.05) is 60.2 Å². The van der Waals surface area contributed by atoms with Crippen LogP contribution in [0.2, 0.25) is 0 Å². The summed E-state index contributed by atoms with van der Waals surface area (Å²) in [6.45, 7) is 6.95. The van der Waals surface area contributed by atoms with Gasteiger partial charge in [-0.25, -0.2) is 19.2 Å². The second kappa shape index (κ2) is 11.8. The molecule has 1 aromatic carbocycles. The lowest BCUT2D eigenvalue weighted by molar-refractivity contribution is 0.0297. The molecule has 0 radical (unpaired) electrons. The largest absolute Gasteiger partial charge is 0.469 e. The van der Waals surface area contributed by atoms with E-state index in [0.717, 1.165) is 44.6 Å². The zero-order chi connectivity index (χ0) is 33.2. The molecule has 14 heteroatoms. The van der Waals surface area contributed by atoms with Gasteiger partial charge in [0.15, 0.2) is 0 Å². The molecule has 0 saturated carbocycles. The van der Waals surface area contributed by atoms with Crippen molar-refractivity contribution in [3.63, 3.8) is 0 Å². The maximum absolute atomic E-state index is 15.7. The van der Waals surface area contributed by atoms with Crippen LogP contribution in [0, 0.1) is 5.82 Å². The number of likely N-dealkylation sites (N-methyl/N-ethyl adjacent to an activating group) is 1. The molecule has 5 aliphatic heterocycles. The van der Waals surface area contributed by atoms with E-state index in [1.54, 1.807) is 30.3 Å². The molecule has 3 aromatic rings. The van der Waals surface area contributed by atoms with Gasteiger partial charge in [-0.15, -0.1) is 0 Å². The van der Waals surface area contributed by atoms with Crippen LogP contribution in [0.3, 0.4) is 0 Å². The van der Waals surface area contributed by atoms with Gasteiger partial charge in [0.1, 0.15) is 22.8 Å². The van der Waals surface area contributed by atoms with Crippen LogP contribution in [0.1, 0.15) is 49.9 Å². The first-order valence-corrected chi connectivity index (χ1v) is 16.6. The molecule has 5 aliphatic rings. The van der Waals surface area contributed by atoms with Gasteiger partial charge in [-0.05, 0) is 63.8 Å². The zero-order valence-electron chi connectivity index (χ0n) is 27.2. The molecule has 3 amide bonds. The van der Waals surface area contributed by atoms with Gasteiger partial charge >= 0.3 is 6.03 Å². The second-order valence-electron chi connectivity index (χ2n) is 14.0. The number of benzene rings is 1. The van der Waals surface area contributed by atoms with Crippen LogP contribution >= 0.6 is 0 Å². The summed E-state index contributed by atoms with van der Waals surface area (Å²) in [6, 6.07) is 7.36. The van der Waals surface area contributed by atoms with Gasteiger partial charge in [0, 0.05) is 38.8 Å². The van der Waals surface area contributed by atoms with Crippen molar-refractivity contribution < 1.29 is 28.2 Å². The minimum Gasteiger partial charge on any atom is -0.469 e. The van der Waals surface area contributed by atoms with Gasteiger partial charge in [-0.3, -0.25) is 4.79 Å². The number of halogens is 1. The Hall–Kier alpha value is -4.56. The van der Waals surface area contributed by atoms with Crippen LogP contribution < -0.4 is 25.2 Å². The van der Waals surface area contributed by atoms with Crippen molar-refractivity contribution in [1.82, 2.24) is 19.9 Å². The van der Waals surface area contributed by atoms with Crippen molar-refractivity contribution in [3.8, 4) is 17.1 Å². The first-order valence-electron chi connectivity index (χ1n) is 16.6. The van der Waals surface area contributed by atoms with Crippen molar-refractivity contribution >= 4 is 35.1 Å². The summed E-state index contributed by atoms with van der Waals surface area (Å²) in [7, 11) is 1.70. The lowest BCUT2D eigenvalue weighted by atomic mass is 10.0. The van der Waals surface area contributed by atoms with Gasteiger partial charge < -0.3 is 39.5 Å². The number of carbonyl (C=O) groups excluding carboxylic acids is 2. The highest BCUT2D eigenvalue weighted by Crippen LogP contribution is 2.38. The minimum absolute atomic E-state index is 0.0319. The highest BCUT2D eigenvalue weighted by atomic mass is 19.1. The molecule has 4 unspecified atom stereocenters. The summed E-state index contributed by atoms with van der Waals surface area (Å²) < 4.78 is 33.9. The van der Waals surface area contributed by atoms with Crippen LogP contribution in [-0.4, -0.2) is 102 Å². The number of pyridine rings is 1. The Balaban J connectivity index is 1.03. The van der Waals surface area contributed by atoms with E-state index in [9.17, 15) is 9.59 Å². The van der Waals surface area contributed by atoms with Gasteiger partial charge in [-0.2, -0.15) is 4.98 Å². The Morgan fingerprint density at radius 2 is 1.58 bits per heavy atom. The van der Waals surface area contributed by atoms with Gasteiger partial charge in [0.25, 0.3) is 5.91 Å². The number of rotatable bonds is 5. The number of urea groups is 1. The van der Waals surface area contributed by atoms with Crippen LogP contribution in [0.25, 0.3) is 11.3 Å². The quantitative estimate of drug-likeness (QED) is 0.409. The molecule has 4 bridgehead atoms. The third kappa shape index (κ3) is 5.98. The smallest absolute Gasteiger partial charge is 0.323 e. The first-order chi connectivity index (χ1) is 23.1. The summed E-state index contributed by atoms with van der Waals surface area (Å²) in [4.78, 5) is 46.5. The topological polar surface area (TPSA) is 134 Å². The van der Waals surface area contributed by atoms with Crippen molar-refractivity contribution in [2.45, 2.75) is 69.5 Å². The third-order valence-electron chi connectivity index (χ3n) is 9.61. The van der Waals surface area contributed by atoms with E-state index in [0.29, 0.717) is 36.8 Å². The fourth-order valence-electron chi connectivity index (χ4n) is 7.45. The van der Waals surface area contributed by atoms with E-state index < -0.39 is 17.4 Å². The van der Waals surface area contributed by atoms with E-state index in [4.69, 9.17) is 24.2 Å². The Morgan fingerprint density at radius 1 is 0.917 bits per heavy atom. The molecule has 48 heavy (non-hydrogen) atoms. The summed E-state index contributed by atoms with van der Waals surface area (Å²) >= 11 is 0. The number of amides is 3. The zero-order valence-corrected chi connectivity index (χ0v) is 27.2. The molecule has 4 atom stereocenters. The van der Waals surface area contributed by atoms with Gasteiger partial charge in [0.2, 0.25) is 11.8 Å². The molecule has 8 rings (SSSR count). The predicted octanol–water partition coefficient (Wildman–Crippen LogP) is 4.30. The fraction of sp³-hybridized carbons (Fsp3) is 0.500. The first kappa shape index (κ1) is 30.8. The third-order valence-corrected chi connectivity index (χ3v) is 9.61. The Bertz CT molecular complexity index is 1730. The van der Waals surface area contributed by atoms with Crippen LogP contribution in [-0.2, 0) is 9.47 Å². The summed E-state index contributed by atoms with van der Waals surface area (Å²) in [5.74, 6) is 0.387. The molecular formula is C34H39FN8O5. The number of ether oxygens (including phenoxy) is 3. The van der Waals surface area contributed by atoms with E-state index >= 15 is 4.39 Å². The predicted molar refractivity (Wildman–Crippen MR) is 176 cm³/mol. The Kier molecular flexibility index (Phi) is 7.59. The lowest BCUT2D eigenvalue weighted by Crippen LogP contribution is -2.43. The van der Waals surface area contributed by atoms with Crippen molar-refractivity contribution in [2.24, 2.45) is 0 Å². The average molecular weight is 659 g/mol. The molecule has 252 valence electrons. The Labute approximate surface area is 277 Å². The Morgan fingerprint density at radius 3 is 2.21 bits per heavy atom. The van der Waals surface area contributed by atoms with Crippen molar-refractivity contribution in [3.05, 3.63) is 47.9 Å². The number of carbonyl (C=O) groups is 2. The minimum atomic E-state index is -0.715. The molecule has 0 spiro atoms. The van der Waals surface area contributed by atoms with Crippen molar-refractivity contribution in [1.29, 1.82) is 0 Å². The maximum atomic E-state index is 15.7. The molecule has 2 N–H and O–H groups in total. The number of nitrogens with zero attached hydrogens (tertiary/aromatic N) is 6. The van der Waals surface area contributed by atoms with Crippen LogP contribution in [0.5, 0.6) is 5.88 Å². The molecule has 2 aromatic heterocycles. The van der Waals surface area contributed by atoms with E-state index in [1.165, 1.54) is 12.1 Å². The molecule has 4 saturated heterocycles. The summed E-state index contributed by atoms with van der Waals surface area (Å²) in [5, 5.41) is 5.30. The highest BCUT2D eigenvalue weighted by molar-refractivity contribution is 6.03. The van der Waals surface area contributed by atoms with E-state index in [1.807, 2.05) is 24.8 Å². The van der Waals surface area contributed by atoms with Gasteiger partial charge in [0.05, 0.1) is 54.2 Å². The summed E-state index contributed by atoms with van der Waals surface area (Å²) in [6.07, 6.45) is 6.31. The van der Waals surface area contributed by atoms with Crippen LogP contribution in [0.4, 0.5) is 32.3 Å². The van der Waals surface area contributed by atoms with E-state index in [2.05, 4.69) is 20.5 Å². The summed E-state index contributed by atoms with van der Waals surface area (Å²) in [5.41, 5.74) is 0.515.